The van der Waals surface area contributed by atoms with Crippen molar-refractivity contribution in [2.24, 2.45) is 38.9 Å². The average molecular weight is 665 g/mol. The minimum Gasteiger partial charge on any atom is -0.207 e. The topological polar surface area (TPSA) is 74.8 Å². The smallest absolute Gasteiger partial charge is 0.207 e. The summed E-state index contributed by atoms with van der Waals surface area (Å²) in [4.78, 5) is 0.634. The van der Waals surface area contributed by atoms with Gasteiger partial charge < -0.3 is 0 Å². The van der Waals surface area contributed by atoms with Gasteiger partial charge >= 0.3 is 0 Å². The van der Waals surface area contributed by atoms with Gasteiger partial charge in [0, 0.05) is 48.3 Å². The molecule has 0 bridgehead atoms. The number of nitrogens with zero attached hydrogens (tertiary/aromatic N) is 2. The van der Waals surface area contributed by atoms with E-state index in [1.807, 2.05) is 38.1 Å². The van der Waals surface area contributed by atoms with E-state index in [9.17, 15) is 16.8 Å². The predicted molar refractivity (Wildman–Crippen MR) is 185 cm³/mol. The molecule has 0 radical (unpaired) electrons. The molecule has 2 aromatic rings. The van der Waals surface area contributed by atoms with Crippen LogP contribution in [0.15, 0.2) is 81.6 Å². The highest BCUT2D eigenvalue weighted by Gasteiger charge is 2.88. The molecule has 4 fully saturated rings. The lowest BCUT2D eigenvalue weighted by atomic mass is 9.19. The van der Waals surface area contributed by atoms with E-state index in [1.54, 1.807) is 32.9 Å². The van der Waals surface area contributed by atoms with Gasteiger partial charge in [-0.3, -0.25) is 0 Å². The first-order valence-electron chi connectivity index (χ1n) is 16.7. The van der Waals surface area contributed by atoms with Gasteiger partial charge in [0.1, 0.15) is 0 Å². The van der Waals surface area contributed by atoms with E-state index in [-0.39, 0.29) is 38.9 Å². The molecule has 46 heavy (non-hydrogen) atoms. The fourth-order valence-electron chi connectivity index (χ4n) is 9.79. The lowest BCUT2D eigenvalue weighted by Crippen LogP contribution is -2.82. The Morgan fingerprint density at radius 2 is 1.20 bits per heavy atom. The van der Waals surface area contributed by atoms with Gasteiger partial charge in [-0.15, -0.1) is 0 Å². The van der Waals surface area contributed by atoms with E-state index in [4.69, 9.17) is 0 Å². The van der Waals surface area contributed by atoms with Crippen LogP contribution in [0.3, 0.4) is 0 Å². The van der Waals surface area contributed by atoms with Crippen molar-refractivity contribution >= 4 is 20.0 Å². The molecule has 8 heteroatoms. The van der Waals surface area contributed by atoms with Crippen molar-refractivity contribution in [1.29, 1.82) is 0 Å². The van der Waals surface area contributed by atoms with Gasteiger partial charge in [-0.05, 0) is 61.3 Å². The van der Waals surface area contributed by atoms with Crippen LogP contribution in [0.4, 0.5) is 0 Å². The summed E-state index contributed by atoms with van der Waals surface area (Å²) in [5.74, 6) is -0.00500. The van der Waals surface area contributed by atoms with Crippen LogP contribution in [0, 0.1) is 52.8 Å². The fourth-order valence-corrected chi connectivity index (χ4v) is 12.8. The van der Waals surface area contributed by atoms with E-state index in [0.717, 1.165) is 11.1 Å². The summed E-state index contributed by atoms with van der Waals surface area (Å²) in [7, 11) is -7.50. The van der Waals surface area contributed by atoms with Crippen LogP contribution < -0.4 is 0 Å². The van der Waals surface area contributed by atoms with Crippen molar-refractivity contribution in [3.05, 3.63) is 83.0 Å². The van der Waals surface area contributed by atoms with Crippen LogP contribution in [0.25, 0.3) is 0 Å². The molecule has 0 N–H and O–H groups in total. The van der Waals surface area contributed by atoms with Crippen LogP contribution in [0.5, 0.6) is 0 Å². The third-order valence-corrected chi connectivity index (χ3v) is 15.6. The van der Waals surface area contributed by atoms with E-state index >= 15 is 0 Å². The summed E-state index contributed by atoms with van der Waals surface area (Å²) >= 11 is 0. The minimum absolute atomic E-state index is 0.0351. The summed E-state index contributed by atoms with van der Waals surface area (Å²) in [6.07, 6.45) is 5.44. The Morgan fingerprint density at radius 3 is 1.67 bits per heavy atom. The van der Waals surface area contributed by atoms with Crippen molar-refractivity contribution in [1.82, 2.24) is 8.61 Å². The Morgan fingerprint density at radius 1 is 0.717 bits per heavy atom. The maximum absolute atomic E-state index is 14.3. The molecule has 6 nitrogen and oxygen atoms in total. The maximum Gasteiger partial charge on any atom is 0.243 e. The number of fused-ring (bicyclic) bond motifs is 2. The van der Waals surface area contributed by atoms with Crippen molar-refractivity contribution in [3.63, 3.8) is 0 Å². The largest absolute Gasteiger partial charge is 0.243 e. The van der Waals surface area contributed by atoms with Gasteiger partial charge in [0.25, 0.3) is 0 Å². The van der Waals surface area contributed by atoms with Gasteiger partial charge in [0.2, 0.25) is 20.0 Å². The average Bonchev–Trinajstić information content (AvgIpc) is 3.28. The second kappa shape index (κ2) is 10.4. The normalized spacial score (nSPS) is 34.0. The molecule has 1 spiro atoms. The number of hydrogen-bond donors (Lipinski definition) is 0. The molecule has 5 atom stereocenters. The third-order valence-electron chi connectivity index (χ3n) is 11.9. The predicted octanol–water partition coefficient (Wildman–Crippen LogP) is 7.61. The zero-order valence-corrected chi connectivity index (χ0v) is 30.9. The summed E-state index contributed by atoms with van der Waals surface area (Å²) in [5, 5.41) is 0. The molecule has 4 aliphatic rings. The van der Waals surface area contributed by atoms with Gasteiger partial charge in [0.15, 0.2) is 0 Å². The molecule has 2 saturated heterocycles. The lowest BCUT2D eigenvalue weighted by Gasteiger charge is -2.84. The van der Waals surface area contributed by atoms with Crippen molar-refractivity contribution in [2.75, 3.05) is 26.2 Å². The van der Waals surface area contributed by atoms with E-state index in [1.165, 1.54) is 11.1 Å². The van der Waals surface area contributed by atoms with Crippen LogP contribution >= 0.6 is 0 Å². The molecule has 2 aliphatic heterocycles. The molecule has 5 unspecified atom stereocenters. The fraction of sp³-hybridized carbons (Fsp3) is 0.579. The van der Waals surface area contributed by atoms with Crippen molar-refractivity contribution in [3.8, 4) is 0 Å². The quantitative estimate of drug-likeness (QED) is 0.316. The first-order valence-corrected chi connectivity index (χ1v) is 19.6. The molecule has 250 valence electrons. The molecule has 2 aliphatic carbocycles. The van der Waals surface area contributed by atoms with Gasteiger partial charge in [-0.2, -0.15) is 8.61 Å². The summed E-state index contributed by atoms with van der Waals surface area (Å²) < 4.78 is 60.4. The van der Waals surface area contributed by atoms with Crippen LogP contribution in [0.1, 0.15) is 72.9 Å². The summed E-state index contributed by atoms with van der Waals surface area (Å²) in [6.45, 7) is 23.5. The number of allylic oxidation sites excluding steroid dienone is 2. The SMILES string of the molecule is Cc1ccc(S(=O)(=O)N2CC/C(=C\C(C)(C)C)C3(C)C(C2)C24CN(S(=O)(=O)c5ccc(C)cc5)CC2/C(=C/C(C)(C)C)C34C)cc1. The number of aryl methyl sites for hydroxylation is 2. The summed E-state index contributed by atoms with van der Waals surface area (Å²) in [6, 6.07) is 14.3. The van der Waals surface area contributed by atoms with Crippen molar-refractivity contribution < 1.29 is 16.8 Å². The number of hydrogen-bond acceptors (Lipinski definition) is 4. The Labute approximate surface area is 278 Å². The van der Waals surface area contributed by atoms with Gasteiger partial charge in [-0.25, -0.2) is 16.8 Å². The molecule has 2 aromatic carbocycles. The molecule has 0 aromatic heterocycles. The highest BCUT2D eigenvalue weighted by molar-refractivity contribution is 7.89. The molecular formula is C38H52N2O4S2. The molecular weight excluding hydrogens is 613 g/mol. The first-order chi connectivity index (χ1) is 21.1. The number of sulfonamides is 2. The molecule has 0 amide bonds. The Bertz CT molecular complexity index is 1800. The zero-order chi connectivity index (χ0) is 33.9. The first kappa shape index (κ1) is 33.6. The molecule has 2 heterocycles. The lowest BCUT2D eigenvalue weighted by molar-refractivity contribution is -0.284. The maximum atomic E-state index is 14.3. The van der Waals surface area contributed by atoms with E-state index in [0.29, 0.717) is 42.4 Å². The highest BCUT2D eigenvalue weighted by atomic mass is 32.2. The number of benzene rings is 2. The van der Waals surface area contributed by atoms with Gasteiger partial charge in [-0.1, -0.05) is 114 Å². The van der Waals surface area contributed by atoms with Crippen molar-refractivity contribution in [2.45, 2.75) is 85.4 Å². The zero-order valence-electron chi connectivity index (χ0n) is 29.3. The number of rotatable bonds is 4. The van der Waals surface area contributed by atoms with E-state index < -0.39 is 20.0 Å². The van der Waals surface area contributed by atoms with E-state index in [2.05, 4.69) is 67.5 Å². The molecule has 2 saturated carbocycles. The Hall–Kier alpha value is -2.26. The van der Waals surface area contributed by atoms with Crippen LogP contribution in [-0.2, 0) is 20.0 Å². The Balaban J connectivity index is 1.52. The highest BCUT2D eigenvalue weighted by Crippen LogP contribution is 2.89. The molecule has 6 rings (SSSR count). The van der Waals surface area contributed by atoms with Crippen LogP contribution in [0.2, 0.25) is 0 Å². The van der Waals surface area contributed by atoms with Gasteiger partial charge in [0.05, 0.1) is 9.79 Å². The monoisotopic (exact) mass is 664 g/mol. The minimum atomic E-state index is -3.76. The second-order valence-corrected chi connectivity index (χ2v) is 20.9. The third kappa shape index (κ3) is 4.67. The standard InChI is InChI=1S/C38H52N2O4S2/c1-26-11-15-29(16-12-26)45(41,42)39-20-19-28(21-34(3,4)5)36(9)33(24-39)38-25-40(46(43,44)30-17-13-27(2)14-18-30)23-32(38)31(37(36,38)10)22-35(6,7)8/h11-18,21-22,32-33H,19-20,23-25H2,1-10H3/b28-21+,31-22-. The Kier molecular flexibility index (Phi) is 7.58. The second-order valence-electron chi connectivity index (χ2n) is 17.0. The van der Waals surface area contributed by atoms with Crippen LogP contribution in [-0.4, -0.2) is 51.6 Å². The summed E-state index contributed by atoms with van der Waals surface area (Å²) in [5.41, 5.74) is 3.49.